The van der Waals surface area contributed by atoms with Crippen LogP contribution < -0.4 is 5.73 Å². The van der Waals surface area contributed by atoms with E-state index in [9.17, 15) is 0 Å². The van der Waals surface area contributed by atoms with Crippen LogP contribution in [0.25, 0.3) is 22.3 Å². The fourth-order valence-corrected chi connectivity index (χ4v) is 2.90. The lowest BCUT2D eigenvalue weighted by atomic mass is 9.94. The van der Waals surface area contributed by atoms with E-state index in [-0.39, 0.29) is 0 Å². The monoisotopic (exact) mass is 307 g/mol. The zero-order valence-corrected chi connectivity index (χ0v) is 13.5. The number of halogens is 1. The molecule has 0 aliphatic carbocycles. The highest BCUT2D eigenvalue weighted by atomic mass is 35.5. The van der Waals surface area contributed by atoms with Gasteiger partial charge in [0.05, 0.1) is 10.7 Å². The lowest BCUT2D eigenvalue weighted by Crippen LogP contribution is -1.94. The first-order valence-electron chi connectivity index (χ1n) is 7.28. The van der Waals surface area contributed by atoms with Crippen LogP contribution in [-0.2, 0) is 0 Å². The molecule has 0 aliphatic heterocycles. The Kier molecular flexibility index (Phi) is 3.91. The number of rotatable bonds is 2. The van der Waals surface area contributed by atoms with Crippen LogP contribution >= 0.6 is 11.6 Å². The Labute approximate surface area is 136 Å². The Hall–Kier alpha value is -2.25. The van der Waals surface area contributed by atoms with E-state index in [1.165, 1.54) is 16.7 Å². The van der Waals surface area contributed by atoms with Crippen LogP contribution in [0.4, 0.5) is 5.69 Å². The van der Waals surface area contributed by atoms with Crippen molar-refractivity contribution in [1.82, 2.24) is 0 Å². The maximum Gasteiger partial charge on any atom is 0.0648 e. The van der Waals surface area contributed by atoms with Crippen LogP contribution in [0.2, 0.25) is 5.02 Å². The maximum absolute atomic E-state index is 6.39. The van der Waals surface area contributed by atoms with Gasteiger partial charge in [-0.25, -0.2) is 0 Å². The number of benzene rings is 3. The molecule has 1 nitrogen and oxygen atoms in total. The third-order valence-corrected chi connectivity index (χ3v) is 4.23. The number of aryl methyl sites for hydroxylation is 2. The fraction of sp³-hybridized carbons (Fsp3) is 0.100. The second-order valence-corrected chi connectivity index (χ2v) is 6.01. The first-order valence-corrected chi connectivity index (χ1v) is 7.66. The van der Waals surface area contributed by atoms with E-state index in [0.717, 1.165) is 16.7 Å². The highest BCUT2D eigenvalue weighted by Gasteiger charge is 2.11. The summed E-state index contributed by atoms with van der Waals surface area (Å²) in [5, 5.41) is 0.595. The molecule has 3 aromatic carbocycles. The second-order valence-electron chi connectivity index (χ2n) is 5.60. The van der Waals surface area contributed by atoms with E-state index in [1.807, 2.05) is 24.3 Å². The smallest absolute Gasteiger partial charge is 0.0648 e. The van der Waals surface area contributed by atoms with Crippen LogP contribution in [0.1, 0.15) is 11.1 Å². The van der Waals surface area contributed by atoms with Gasteiger partial charge in [-0.15, -0.1) is 0 Å². The molecule has 2 heteroatoms. The average Bonchev–Trinajstić information content (AvgIpc) is 2.53. The number of hydrogen-bond donors (Lipinski definition) is 1. The van der Waals surface area contributed by atoms with Crippen LogP contribution in [0.5, 0.6) is 0 Å². The van der Waals surface area contributed by atoms with E-state index in [0.29, 0.717) is 10.7 Å². The summed E-state index contributed by atoms with van der Waals surface area (Å²) in [6.45, 7) is 4.21. The molecule has 3 aromatic rings. The van der Waals surface area contributed by atoms with Gasteiger partial charge in [0.1, 0.15) is 0 Å². The van der Waals surface area contributed by atoms with Gasteiger partial charge in [0.2, 0.25) is 0 Å². The SMILES string of the molecule is Cc1ccc(C)c(-c2cc(Cl)c(N)c(-c3ccccc3)c2)c1. The van der Waals surface area contributed by atoms with Gasteiger partial charge in [-0.2, -0.15) is 0 Å². The summed E-state index contributed by atoms with van der Waals surface area (Å²) in [5.41, 5.74) is 13.6. The average molecular weight is 308 g/mol. The number of anilines is 1. The molecule has 0 radical (unpaired) electrons. The van der Waals surface area contributed by atoms with E-state index >= 15 is 0 Å². The van der Waals surface area contributed by atoms with Crippen LogP contribution in [0, 0.1) is 13.8 Å². The molecule has 2 N–H and O–H groups in total. The van der Waals surface area contributed by atoms with Crippen LogP contribution in [0.15, 0.2) is 60.7 Å². The van der Waals surface area contributed by atoms with Gasteiger partial charge in [0, 0.05) is 5.56 Å². The normalized spacial score (nSPS) is 10.7. The van der Waals surface area contributed by atoms with Crippen molar-refractivity contribution in [3.05, 3.63) is 76.8 Å². The molecule has 0 atom stereocenters. The van der Waals surface area contributed by atoms with Crippen molar-refractivity contribution >= 4 is 17.3 Å². The van der Waals surface area contributed by atoms with Gasteiger partial charge >= 0.3 is 0 Å². The first kappa shape index (κ1) is 14.7. The van der Waals surface area contributed by atoms with E-state index < -0.39 is 0 Å². The summed E-state index contributed by atoms with van der Waals surface area (Å²) in [6, 6.07) is 20.6. The summed E-state index contributed by atoms with van der Waals surface area (Å²) in [5.74, 6) is 0. The largest absolute Gasteiger partial charge is 0.397 e. The van der Waals surface area contributed by atoms with Gasteiger partial charge in [-0.1, -0.05) is 65.7 Å². The number of nitrogens with two attached hydrogens (primary N) is 1. The Morgan fingerprint density at radius 1 is 0.773 bits per heavy atom. The molecule has 110 valence electrons. The Balaban J connectivity index is 2.23. The summed E-state index contributed by atoms with van der Waals surface area (Å²) in [6.07, 6.45) is 0. The van der Waals surface area contributed by atoms with Crippen molar-refractivity contribution < 1.29 is 0 Å². The molecule has 0 bridgehead atoms. The standard InChI is InChI=1S/C20H18ClN/c1-13-8-9-14(2)17(10-13)16-11-18(20(22)19(21)12-16)15-6-4-3-5-7-15/h3-12H,22H2,1-2H3. The minimum atomic E-state index is 0.595. The lowest BCUT2D eigenvalue weighted by molar-refractivity contribution is 1.39. The third-order valence-electron chi connectivity index (χ3n) is 3.92. The zero-order chi connectivity index (χ0) is 15.7. The minimum absolute atomic E-state index is 0.595. The third kappa shape index (κ3) is 2.72. The van der Waals surface area contributed by atoms with Crippen molar-refractivity contribution in [1.29, 1.82) is 0 Å². The summed E-state index contributed by atoms with van der Waals surface area (Å²) < 4.78 is 0. The lowest BCUT2D eigenvalue weighted by Gasteiger charge is -2.13. The van der Waals surface area contributed by atoms with E-state index in [4.69, 9.17) is 17.3 Å². The molecule has 3 rings (SSSR count). The Bertz CT molecular complexity index is 823. The summed E-state index contributed by atoms with van der Waals surface area (Å²) in [4.78, 5) is 0. The van der Waals surface area contributed by atoms with Crippen molar-refractivity contribution in [3.63, 3.8) is 0 Å². The highest BCUT2D eigenvalue weighted by molar-refractivity contribution is 6.34. The van der Waals surface area contributed by atoms with Crippen molar-refractivity contribution in [3.8, 4) is 22.3 Å². The second kappa shape index (κ2) is 5.86. The van der Waals surface area contributed by atoms with E-state index in [2.05, 4.69) is 50.2 Å². The molecule has 0 unspecified atom stereocenters. The molecule has 0 fully saturated rings. The number of hydrogen-bond acceptors (Lipinski definition) is 1. The molecule has 0 saturated carbocycles. The zero-order valence-electron chi connectivity index (χ0n) is 12.7. The molecular weight excluding hydrogens is 290 g/mol. The quantitative estimate of drug-likeness (QED) is 0.588. The Morgan fingerprint density at radius 3 is 2.23 bits per heavy atom. The molecule has 0 spiro atoms. The summed E-state index contributed by atoms with van der Waals surface area (Å²) in [7, 11) is 0. The number of nitrogen functional groups attached to an aromatic ring is 1. The minimum Gasteiger partial charge on any atom is -0.397 e. The topological polar surface area (TPSA) is 26.0 Å². The molecule has 0 saturated heterocycles. The van der Waals surface area contributed by atoms with Gasteiger partial charge in [0.15, 0.2) is 0 Å². The fourth-order valence-electron chi connectivity index (χ4n) is 2.68. The van der Waals surface area contributed by atoms with Crippen molar-refractivity contribution in [2.75, 3.05) is 5.73 Å². The van der Waals surface area contributed by atoms with Crippen molar-refractivity contribution in [2.24, 2.45) is 0 Å². The van der Waals surface area contributed by atoms with Crippen LogP contribution in [0.3, 0.4) is 0 Å². The first-order chi connectivity index (χ1) is 10.6. The molecule has 0 aromatic heterocycles. The molecule has 0 aliphatic rings. The van der Waals surface area contributed by atoms with E-state index in [1.54, 1.807) is 0 Å². The molecule has 0 heterocycles. The van der Waals surface area contributed by atoms with Gasteiger partial charge in [0.25, 0.3) is 0 Å². The molecule has 0 amide bonds. The predicted molar refractivity (Wildman–Crippen MR) is 96.2 cm³/mol. The predicted octanol–water partition coefficient (Wildman–Crippen LogP) is 5.87. The van der Waals surface area contributed by atoms with Crippen molar-refractivity contribution in [2.45, 2.75) is 13.8 Å². The maximum atomic E-state index is 6.39. The van der Waals surface area contributed by atoms with Crippen LogP contribution in [-0.4, -0.2) is 0 Å². The molecule has 22 heavy (non-hydrogen) atoms. The molecular formula is C20H18ClN. The van der Waals surface area contributed by atoms with Gasteiger partial charge in [-0.05, 0) is 48.2 Å². The highest BCUT2D eigenvalue weighted by Crippen LogP contribution is 2.37. The Morgan fingerprint density at radius 2 is 1.50 bits per heavy atom. The van der Waals surface area contributed by atoms with Gasteiger partial charge < -0.3 is 5.73 Å². The van der Waals surface area contributed by atoms with Gasteiger partial charge in [-0.3, -0.25) is 0 Å². The summed E-state index contributed by atoms with van der Waals surface area (Å²) >= 11 is 6.39.